The van der Waals surface area contributed by atoms with Crippen LogP contribution < -0.4 is 5.32 Å². The molecular weight excluding hydrogens is 333 g/mol. The van der Waals surface area contributed by atoms with Gasteiger partial charge in [-0.25, -0.2) is 4.79 Å². The molecule has 1 atom stereocenters. The van der Waals surface area contributed by atoms with Gasteiger partial charge in [0.25, 0.3) is 5.91 Å². The van der Waals surface area contributed by atoms with Crippen LogP contribution in [0.25, 0.3) is 0 Å². The fourth-order valence-corrected chi connectivity index (χ4v) is 4.04. The van der Waals surface area contributed by atoms with Crippen LogP contribution in [-0.4, -0.2) is 23.8 Å². The van der Waals surface area contributed by atoms with Crippen LogP contribution in [0.1, 0.15) is 40.6 Å². The van der Waals surface area contributed by atoms with Crippen molar-refractivity contribution in [2.45, 2.75) is 37.4 Å². The third kappa shape index (κ3) is 3.52. The van der Waals surface area contributed by atoms with Crippen LogP contribution in [0.2, 0.25) is 0 Å². The van der Waals surface area contributed by atoms with Crippen LogP contribution in [0.3, 0.4) is 0 Å². The minimum absolute atomic E-state index is 0.432. The lowest BCUT2D eigenvalue weighted by atomic mass is 9.86. The number of methoxy groups -OCH3 is 1. The van der Waals surface area contributed by atoms with E-state index in [1.807, 2.05) is 0 Å². The van der Waals surface area contributed by atoms with E-state index in [1.165, 1.54) is 18.4 Å². The average Bonchev–Trinajstić information content (AvgIpc) is 2.82. The molecule has 0 spiro atoms. The summed E-state index contributed by atoms with van der Waals surface area (Å²) in [5.41, 5.74) is 1.45. The Hall–Kier alpha value is -0.780. The van der Waals surface area contributed by atoms with E-state index in [9.17, 15) is 9.59 Å². The largest absolute Gasteiger partial charge is 0.465 e. The van der Waals surface area contributed by atoms with E-state index < -0.39 is 16.7 Å². The molecule has 1 N–H and O–H groups in total. The Bertz CT molecular complexity index is 557. The minimum atomic E-state index is -1.17. The molecule has 1 aromatic heterocycles. The molecule has 1 aliphatic carbocycles. The highest BCUT2D eigenvalue weighted by atomic mass is 35.5. The molecule has 0 aliphatic heterocycles. The Balaban J connectivity index is 2.38. The first-order valence-electron chi connectivity index (χ1n) is 6.79. The number of fused-ring (bicyclic) bond motifs is 1. The Morgan fingerprint density at radius 1 is 1.48 bits per heavy atom. The molecule has 0 fully saturated rings. The van der Waals surface area contributed by atoms with Crippen LogP contribution in [0.5, 0.6) is 0 Å². The third-order valence-corrected chi connectivity index (χ3v) is 5.34. The maximum absolute atomic E-state index is 12.0. The fourth-order valence-electron chi connectivity index (χ4n) is 2.58. The van der Waals surface area contributed by atoms with Crippen molar-refractivity contribution >= 4 is 51.4 Å². The Kier molecular flexibility index (Phi) is 5.52. The normalized spacial score (nSPS) is 17.5. The second-order valence-corrected chi connectivity index (χ2v) is 7.21. The van der Waals surface area contributed by atoms with Gasteiger partial charge in [-0.05, 0) is 30.7 Å². The van der Waals surface area contributed by atoms with E-state index in [0.717, 1.165) is 36.1 Å². The van der Waals surface area contributed by atoms with E-state index in [-0.39, 0.29) is 0 Å². The second-order valence-electron chi connectivity index (χ2n) is 5.01. The molecule has 1 aliphatic rings. The molecule has 1 unspecified atom stereocenters. The highest BCUT2D eigenvalue weighted by molar-refractivity contribution is 7.17. The first kappa shape index (κ1) is 16.6. The van der Waals surface area contributed by atoms with Gasteiger partial charge in [-0.15, -0.1) is 11.3 Å². The molecule has 0 aromatic carbocycles. The topological polar surface area (TPSA) is 55.4 Å². The van der Waals surface area contributed by atoms with Crippen molar-refractivity contribution in [3.8, 4) is 0 Å². The summed E-state index contributed by atoms with van der Waals surface area (Å²) >= 11 is 12.5. The van der Waals surface area contributed by atoms with Crippen molar-refractivity contribution in [1.82, 2.24) is 0 Å². The van der Waals surface area contributed by atoms with Crippen molar-refractivity contribution in [1.29, 1.82) is 0 Å². The first-order chi connectivity index (χ1) is 9.97. The van der Waals surface area contributed by atoms with E-state index in [4.69, 9.17) is 27.9 Å². The van der Waals surface area contributed by atoms with Gasteiger partial charge in [-0.3, -0.25) is 4.79 Å². The van der Waals surface area contributed by atoms with Gasteiger partial charge in [0.15, 0.2) is 4.84 Å². The van der Waals surface area contributed by atoms with Crippen LogP contribution in [-0.2, 0) is 22.4 Å². The lowest BCUT2D eigenvalue weighted by Gasteiger charge is -2.20. The van der Waals surface area contributed by atoms with Gasteiger partial charge < -0.3 is 10.1 Å². The number of thiophene rings is 1. The average molecular weight is 350 g/mol. The van der Waals surface area contributed by atoms with Gasteiger partial charge in [0.05, 0.1) is 12.7 Å². The van der Waals surface area contributed by atoms with Gasteiger partial charge in [-0.1, -0.05) is 36.5 Å². The van der Waals surface area contributed by atoms with E-state index >= 15 is 0 Å². The zero-order valence-corrected chi connectivity index (χ0v) is 14.2. The highest BCUT2D eigenvalue weighted by Gasteiger charge is 2.30. The Morgan fingerprint density at radius 2 is 2.19 bits per heavy atom. The van der Waals surface area contributed by atoms with Crippen LogP contribution >= 0.6 is 34.5 Å². The van der Waals surface area contributed by atoms with Crippen molar-refractivity contribution < 1.29 is 14.3 Å². The maximum Gasteiger partial charge on any atom is 0.341 e. The molecule has 1 heterocycles. The number of rotatable bonds is 4. The molecular formula is C14H17Cl2NO3S. The zero-order valence-electron chi connectivity index (χ0n) is 11.9. The quantitative estimate of drug-likeness (QED) is 0.664. The third-order valence-electron chi connectivity index (χ3n) is 3.77. The van der Waals surface area contributed by atoms with Gasteiger partial charge in [-0.2, -0.15) is 0 Å². The van der Waals surface area contributed by atoms with Gasteiger partial charge in [0.1, 0.15) is 5.00 Å². The van der Waals surface area contributed by atoms with Crippen LogP contribution in [0.4, 0.5) is 5.00 Å². The molecule has 0 bridgehead atoms. The zero-order chi connectivity index (χ0) is 15.6. The SMILES string of the molecule is CCC1CCc2c(sc(NC(=O)C(Cl)Cl)c2C(=O)OC)C1. The van der Waals surface area contributed by atoms with E-state index in [0.29, 0.717) is 16.5 Å². The molecule has 1 aromatic rings. The lowest BCUT2D eigenvalue weighted by molar-refractivity contribution is -0.114. The Morgan fingerprint density at radius 3 is 2.76 bits per heavy atom. The molecule has 0 saturated heterocycles. The number of nitrogens with one attached hydrogen (secondary N) is 1. The monoisotopic (exact) mass is 349 g/mol. The van der Waals surface area contributed by atoms with Crippen molar-refractivity contribution in [2.24, 2.45) is 5.92 Å². The number of amides is 1. The number of halogens is 2. The summed E-state index contributed by atoms with van der Waals surface area (Å²) in [4.78, 5) is 23.7. The number of anilines is 1. The number of esters is 1. The summed E-state index contributed by atoms with van der Waals surface area (Å²) in [6.45, 7) is 2.17. The second kappa shape index (κ2) is 6.99. The summed E-state index contributed by atoms with van der Waals surface area (Å²) in [6.07, 6.45) is 3.92. The molecule has 2 rings (SSSR count). The number of carbonyl (C=O) groups is 2. The van der Waals surface area contributed by atoms with Crippen molar-refractivity contribution in [3.63, 3.8) is 0 Å². The molecule has 4 nitrogen and oxygen atoms in total. The number of hydrogen-bond acceptors (Lipinski definition) is 4. The first-order valence-corrected chi connectivity index (χ1v) is 8.48. The summed E-state index contributed by atoms with van der Waals surface area (Å²) in [6, 6.07) is 0. The van der Waals surface area contributed by atoms with E-state index in [1.54, 1.807) is 0 Å². The predicted octanol–water partition coefficient (Wildman–Crippen LogP) is 3.79. The maximum atomic E-state index is 12.0. The number of ether oxygens (including phenoxy) is 1. The van der Waals surface area contributed by atoms with Gasteiger partial charge >= 0.3 is 5.97 Å². The Labute approximate surface area is 137 Å². The molecule has 7 heteroatoms. The molecule has 116 valence electrons. The lowest BCUT2D eigenvalue weighted by Crippen LogP contribution is -2.20. The fraction of sp³-hybridized carbons (Fsp3) is 0.571. The molecule has 21 heavy (non-hydrogen) atoms. The van der Waals surface area contributed by atoms with Crippen molar-refractivity contribution in [3.05, 3.63) is 16.0 Å². The van der Waals surface area contributed by atoms with Crippen LogP contribution in [0.15, 0.2) is 0 Å². The summed E-state index contributed by atoms with van der Waals surface area (Å²) in [7, 11) is 1.33. The summed E-state index contributed by atoms with van der Waals surface area (Å²) < 4.78 is 4.85. The number of hydrogen-bond donors (Lipinski definition) is 1. The van der Waals surface area contributed by atoms with Crippen LogP contribution in [0, 0.1) is 5.92 Å². The predicted molar refractivity (Wildman–Crippen MR) is 85.6 cm³/mol. The highest BCUT2D eigenvalue weighted by Crippen LogP contribution is 2.40. The van der Waals surface area contributed by atoms with Gasteiger partial charge in [0, 0.05) is 4.88 Å². The standard InChI is InChI=1S/C14H17Cl2NO3S/c1-3-7-4-5-8-9(6-7)21-13(10(8)14(19)20-2)17-12(18)11(15)16/h7,11H,3-6H2,1-2H3,(H,17,18). The molecule has 1 amide bonds. The van der Waals surface area contributed by atoms with Gasteiger partial charge in [0.2, 0.25) is 0 Å². The number of carbonyl (C=O) groups excluding carboxylic acids is 2. The van der Waals surface area contributed by atoms with Crippen molar-refractivity contribution in [2.75, 3.05) is 12.4 Å². The minimum Gasteiger partial charge on any atom is -0.465 e. The molecule has 0 radical (unpaired) electrons. The smallest absolute Gasteiger partial charge is 0.341 e. The number of alkyl halides is 2. The summed E-state index contributed by atoms with van der Waals surface area (Å²) in [5.74, 6) is -0.341. The summed E-state index contributed by atoms with van der Waals surface area (Å²) in [5, 5.41) is 3.12. The molecule has 0 saturated carbocycles. The van der Waals surface area contributed by atoms with E-state index in [2.05, 4.69) is 12.2 Å².